The SMILES string of the molecule is Cc1cccc(NC(=O)NC(=O)COC(=O)c2cccc(S(=O)(=O)Nc3ccc(F)cc3)c2)c1C. The molecule has 0 aliphatic rings. The summed E-state index contributed by atoms with van der Waals surface area (Å²) in [7, 11) is -4.08. The summed E-state index contributed by atoms with van der Waals surface area (Å²) in [6.07, 6.45) is 0. The van der Waals surface area contributed by atoms with Gasteiger partial charge in [-0.2, -0.15) is 0 Å². The minimum absolute atomic E-state index is 0.125. The highest BCUT2D eigenvalue weighted by Crippen LogP contribution is 2.19. The molecule has 9 nitrogen and oxygen atoms in total. The van der Waals surface area contributed by atoms with Gasteiger partial charge in [0.2, 0.25) is 0 Å². The Labute approximate surface area is 201 Å². The fourth-order valence-electron chi connectivity index (χ4n) is 2.94. The van der Waals surface area contributed by atoms with E-state index in [-0.39, 0.29) is 16.1 Å². The number of rotatable bonds is 7. The number of imide groups is 1. The Bertz CT molecular complexity index is 1370. The van der Waals surface area contributed by atoms with E-state index in [0.29, 0.717) is 5.69 Å². The molecule has 0 heterocycles. The van der Waals surface area contributed by atoms with E-state index in [2.05, 4.69) is 15.4 Å². The molecule has 182 valence electrons. The highest BCUT2D eigenvalue weighted by molar-refractivity contribution is 7.92. The van der Waals surface area contributed by atoms with Crippen LogP contribution in [0.3, 0.4) is 0 Å². The number of hydrogen-bond donors (Lipinski definition) is 3. The molecule has 0 aliphatic heterocycles. The number of aryl methyl sites for hydroxylation is 1. The predicted octanol–water partition coefficient (Wildman–Crippen LogP) is 3.75. The van der Waals surface area contributed by atoms with Crippen molar-refractivity contribution in [2.45, 2.75) is 18.7 Å². The number of esters is 1. The van der Waals surface area contributed by atoms with Gasteiger partial charge in [-0.3, -0.25) is 14.8 Å². The number of halogens is 1. The molecule has 0 radical (unpaired) electrons. The van der Waals surface area contributed by atoms with E-state index >= 15 is 0 Å². The van der Waals surface area contributed by atoms with Crippen molar-refractivity contribution in [2.24, 2.45) is 0 Å². The fourth-order valence-corrected chi connectivity index (χ4v) is 4.04. The summed E-state index contributed by atoms with van der Waals surface area (Å²) < 4.78 is 45.4. The van der Waals surface area contributed by atoms with E-state index < -0.39 is 40.4 Å². The molecule has 0 saturated carbocycles. The van der Waals surface area contributed by atoms with Crippen LogP contribution in [0.15, 0.2) is 71.6 Å². The van der Waals surface area contributed by atoms with Crippen LogP contribution in [0.5, 0.6) is 0 Å². The Hall–Kier alpha value is -4.25. The number of nitrogens with one attached hydrogen (secondary N) is 3. The second-order valence-electron chi connectivity index (χ2n) is 7.47. The van der Waals surface area contributed by atoms with Gasteiger partial charge in [0, 0.05) is 11.4 Å². The van der Waals surface area contributed by atoms with E-state index in [1.165, 1.54) is 30.3 Å². The molecule has 0 fully saturated rings. The highest BCUT2D eigenvalue weighted by atomic mass is 32.2. The van der Waals surface area contributed by atoms with Crippen molar-refractivity contribution in [1.82, 2.24) is 5.32 Å². The second-order valence-corrected chi connectivity index (χ2v) is 9.15. The summed E-state index contributed by atoms with van der Waals surface area (Å²) in [5.41, 5.74) is 2.33. The molecule has 0 aromatic heterocycles. The van der Waals surface area contributed by atoms with Gasteiger partial charge in [0.05, 0.1) is 10.5 Å². The van der Waals surface area contributed by atoms with Gasteiger partial charge in [-0.05, 0) is 73.5 Å². The number of hydrogen-bond acceptors (Lipinski definition) is 6. The van der Waals surface area contributed by atoms with E-state index in [9.17, 15) is 27.2 Å². The van der Waals surface area contributed by atoms with Gasteiger partial charge in [0.15, 0.2) is 6.61 Å². The average molecular weight is 500 g/mol. The minimum atomic E-state index is -4.08. The van der Waals surface area contributed by atoms with Crippen LogP contribution in [0.2, 0.25) is 0 Å². The number of anilines is 2. The molecular weight excluding hydrogens is 477 g/mol. The van der Waals surface area contributed by atoms with Crippen molar-refractivity contribution in [1.29, 1.82) is 0 Å². The summed E-state index contributed by atoms with van der Waals surface area (Å²) in [5, 5.41) is 4.59. The number of benzene rings is 3. The Morgan fingerprint density at radius 2 is 1.63 bits per heavy atom. The van der Waals surface area contributed by atoms with E-state index in [1.807, 2.05) is 19.9 Å². The molecule has 0 spiro atoms. The minimum Gasteiger partial charge on any atom is -0.452 e. The van der Waals surface area contributed by atoms with Crippen LogP contribution in [-0.2, 0) is 19.6 Å². The molecular formula is C24H22FN3O6S. The standard InChI is InChI=1S/C24H22FN3O6S/c1-15-5-3-8-21(16(15)2)26-24(31)27-22(29)14-34-23(30)17-6-4-7-20(13-17)35(32,33)28-19-11-9-18(25)10-12-19/h3-13,28H,14H2,1-2H3,(H2,26,27,29,31). The topological polar surface area (TPSA) is 131 Å². The Balaban J connectivity index is 1.57. The molecule has 3 amide bonds. The summed E-state index contributed by atoms with van der Waals surface area (Å²) in [5.74, 6) is -2.36. The summed E-state index contributed by atoms with van der Waals surface area (Å²) in [6, 6.07) is 14.2. The quantitative estimate of drug-likeness (QED) is 0.425. The maximum absolute atomic E-state index is 13.0. The molecule has 0 bridgehead atoms. The van der Waals surface area contributed by atoms with Crippen LogP contribution in [0.25, 0.3) is 0 Å². The lowest BCUT2D eigenvalue weighted by atomic mass is 10.1. The van der Waals surface area contributed by atoms with Gasteiger partial charge in [-0.1, -0.05) is 18.2 Å². The van der Waals surface area contributed by atoms with Gasteiger partial charge in [0.1, 0.15) is 5.82 Å². The largest absolute Gasteiger partial charge is 0.452 e. The molecule has 3 rings (SSSR count). The third-order valence-electron chi connectivity index (χ3n) is 4.92. The summed E-state index contributed by atoms with van der Waals surface area (Å²) in [6.45, 7) is 2.93. The first-order valence-electron chi connectivity index (χ1n) is 10.3. The van der Waals surface area contributed by atoms with Crippen LogP contribution in [0.1, 0.15) is 21.5 Å². The zero-order valence-corrected chi connectivity index (χ0v) is 19.6. The van der Waals surface area contributed by atoms with E-state index in [4.69, 9.17) is 4.74 Å². The molecule has 3 aromatic carbocycles. The van der Waals surface area contributed by atoms with Gasteiger partial charge in [-0.15, -0.1) is 0 Å². The molecule has 3 N–H and O–H groups in total. The van der Waals surface area contributed by atoms with Crippen LogP contribution in [0.4, 0.5) is 20.6 Å². The maximum Gasteiger partial charge on any atom is 0.338 e. The van der Waals surface area contributed by atoms with Crippen LogP contribution < -0.4 is 15.4 Å². The number of ether oxygens (including phenoxy) is 1. The lowest BCUT2D eigenvalue weighted by molar-refractivity contribution is -0.123. The van der Waals surface area contributed by atoms with E-state index in [0.717, 1.165) is 29.3 Å². The Morgan fingerprint density at radius 1 is 0.943 bits per heavy atom. The first kappa shape index (κ1) is 25.4. The molecule has 35 heavy (non-hydrogen) atoms. The van der Waals surface area contributed by atoms with Crippen molar-refractivity contribution in [2.75, 3.05) is 16.6 Å². The number of carbonyl (C=O) groups is 3. The monoisotopic (exact) mass is 499 g/mol. The van der Waals surface area contributed by atoms with Crippen molar-refractivity contribution < 1.29 is 31.9 Å². The molecule has 0 atom stereocenters. The predicted molar refractivity (Wildman–Crippen MR) is 127 cm³/mol. The van der Waals surface area contributed by atoms with Gasteiger partial charge in [-0.25, -0.2) is 22.4 Å². The smallest absolute Gasteiger partial charge is 0.338 e. The number of amides is 3. The zero-order chi connectivity index (χ0) is 25.6. The molecule has 0 saturated heterocycles. The lowest BCUT2D eigenvalue weighted by Gasteiger charge is -2.11. The lowest BCUT2D eigenvalue weighted by Crippen LogP contribution is -2.37. The van der Waals surface area contributed by atoms with Crippen molar-refractivity contribution in [3.05, 3.63) is 89.2 Å². The molecule has 0 aliphatic carbocycles. The van der Waals surface area contributed by atoms with Gasteiger partial charge in [0.25, 0.3) is 15.9 Å². The summed E-state index contributed by atoms with van der Waals surface area (Å²) >= 11 is 0. The van der Waals surface area contributed by atoms with Crippen molar-refractivity contribution in [3.63, 3.8) is 0 Å². The van der Waals surface area contributed by atoms with Crippen LogP contribution in [-0.4, -0.2) is 32.9 Å². The summed E-state index contributed by atoms with van der Waals surface area (Å²) in [4.78, 5) is 36.1. The first-order valence-corrected chi connectivity index (χ1v) is 11.8. The highest BCUT2D eigenvalue weighted by Gasteiger charge is 2.18. The van der Waals surface area contributed by atoms with E-state index in [1.54, 1.807) is 12.1 Å². The van der Waals surface area contributed by atoms with Crippen molar-refractivity contribution >= 4 is 39.3 Å². The Morgan fingerprint density at radius 3 is 2.34 bits per heavy atom. The van der Waals surface area contributed by atoms with Gasteiger partial charge >= 0.3 is 12.0 Å². The van der Waals surface area contributed by atoms with Crippen LogP contribution in [0, 0.1) is 19.7 Å². The van der Waals surface area contributed by atoms with Crippen molar-refractivity contribution in [3.8, 4) is 0 Å². The first-order chi connectivity index (χ1) is 16.5. The van der Waals surface area contributed by atoms with Gasteiger partial charge < -0.3 is 10.1 Å². The molecule has 3 aromatic rings. The zero-order valence-electron chi connectivity index (χ0n) is 18.8. The molecule has 11 heteroatoms. The molecule has 0 unspecified atom stereocenters. The number of sulfonamides is 1. The maximum atomic E-state index is 13.0. The van der Waals surface area contributed by atoms with Crippen LogP contribution >= 0.6 is 0 Å². The fraction of sp³-hybridized carbons (Fsp3) is 0.125. The third-order valence-corrected chi connectivity index (χ3v) is 6.30. The number of carbonyl (C=O) groups excluding carboxylic acids is 3. The Kier molecular flexibility index (Phi) is 7.82. The third kappa shape index (κ3) is 6.87. The average Bonchev–Trinajstić information content (AvgIpc) is 2.82. The number of urea groups is 1. The second kappa shape index (κ2) is 10.8. The normalized spacial score (nSPS) is 10.8.